The lowest BCUT2D eigenvalue weighted by atomic mass is 10.5. The maximum absolute atomic E-state index is 4.59. The van der Waals surface area contributed by atoms with E-state index in [0.717, 1.165) is 25.0 Å². The molecule has 0 spiro atoms. The lowest BCUT2D eigenvalue weighted by molar-refractivity contribution is 0.425. The molecule has 0 bridgehead atoms. The van der Waals surface area contributed by atoms with Gasteiger partial charge in [-0.3, -0.25) is 9.98 Å². The first-order chi connectivity index (χ1) is 8.31. The van der Waals surface area contributed by atoms with Crippen LogP contribution in [0.25, 0.3) is 0 Å². The molecule has 0 radical (unpaired) electrons. The van der Waals surface area contributed by atoms with Crippen molar-refractivity contribution < 1.29 is 0 Å². The summed E-state index contributed by atoms with van der Waals surface area (Å²) >= 11 is 0. The number of hydrogen-bond acceptors (Lipinski definition) is 2. The van der Waals surface area contributed by atoms with E-state index in [9.17, 15) is 0 Å². The predicted octanol–water partition coefficient (Wildman–Crippen LogP) is -0.0552. The molecule has 6 nitrogen and oxygen atoms in total. The monoisotopic (exact) mass is 256 g/mol. The lowest BCUT2D eigenvalue weighted by Gasteiger charge is -2.26. The van der Waals surface area contributed by atoms with Crippen molar-refractivity contribution in [3.05, 3.63) is 0 Å². The maximum atomic E-state index is 4.59. The molecule has 0 saturated heterocycles. The van der Waals surface area contributed by atoms with E-state index in [1.807, 2.05) is 64.0 Å². The van der Waals surface area contributed by atoms with Gasteiger partial charge in [0.05, 0.1) is 6.54 Å². The summed E-state index contributed by atoms with van der Waals surface area (Å²) in [5.41, 5.74) is 0. The fraction of sp³-hybridized carbons (Fsp3) is 0.833. The zero-order valence-electron chi connectivity index (χ0n) is 13.1. The molecule has 0 N–H and O–H groups in total. The Morgan fingerprint density at radius 3 is 1.56 bits per heavy atom. The molecule has 0 heterocycles. The van der Waals surface area contributed by atoms with E-state index in [0.29, 0.717) is 0 Å². The van der Waals surface area contributed by atoms with E-state index in [4.69, 9.17) is 0 Å². The molecular formula is C12H28N6. The fourth-order valence-electron chi connectivity index (χ4n) is 1.79. The summed E-state index contributed by atoms with van der Waals surface area (Å²) in [5, 5.41) is 0. The van der Waals surface area contributed by atoms with Crippen LogP contribution >= 0.6 is 0 Å². The number of guanidine groups is 2. The third-order valence-electron chi connectivity index (χ3n) is 2.43. The van der Waals surface area contributed by atoms with Crippen LogP contribution < -0.4 is 0 Å². The Kier molecular flexibility index (Phi) is 7.16. The van der Waals surface area contributed by atoms with Gasteiger partial charge < -0.3 is 19.6 Å². The molecule has 0 aliphatic rings. The second-order valence-electron chi connectivity index (χ2n) is 4.81. The molecule has 0 aromatic heterocycles. The van der Waals surface area contributed by atoms with Gasteiger partial charge in [-0.2, -0.15) is 0 Å². The van der Waals surface area contributed by atoms with E-state index in [-0.39, 0.29) is 0 Å². The third-order valence-corrected chi connectivity index (χ3v) is 2.43. The van der Waals surface area contributed by atoms with Gasteiger partial charge in [-0.25, -0.2) is 0 Å². The van der Waals surface area contributed by atoms with Gasteiger partial charge in [0.15, 0.2) is 11.9 Å². The van der Waals surface area contributed by atoms with Crippen LogP contribution in [-0.4, -0.2) is 101 Å². The van der Waals surface area contributed by atoms with Crippen molar-refractivity contribution in [3.8, 4) is 0 Å². The highest BCUT2D eigenvalue weighted by Crippen LogP contribution is 1.94. The van der Waals surface area contributed by atoms with Crippen LogP contribution in [0, 0.1) is 0 Å². The molecule has 0 aliphatic carbocycles. The molecule has 6 heteroatoms. The van der Waals surface area contributed by atoms with Crippen LogP contribution in [0.15, 0.2) is 9.98 Å². The van der Waals surface area contributed by atoms with Crippen LogP contribution in [0.5, 0.6) is 0 Å². The normalized spacial score (nSPS) is 11.0. The molecule has 0 aliphatic heterocycles. The van der Waals surface area contributed by atoms with Crippen molar-refractivity contribution in [2.24, 2.45) is 9.98 Å². The molecule has 18 heavy (non-hydrogen) atoms. The van der Waals surface area contributed by atoms with Gasteiger partial charge in [-0.1, -0.05) is 0 Å². The predicted molar refractivity (Wildman–Crippen MR) is 79.4 cm³/mol. The first-order valence-electron chi connectivity index (χ1n) is 6.05. The molecule has 0 aromatic carbocycles. The molecule has 0 rings (SSSR count). The van der Waals surface area contributed by atoms with Crippen molar-refractivity contribution in [2.75, 3.05) is 69.5 Å². The second-order valence-corrected chi connectivity index (χ2v) is 4.81. The summed E-state index contributed by atoms with van der Waals surface area (Å²) in [6, 6.07) is 0. The Labute approximate surface area is 112 Å². The molecule has 0 amide bonds. The number of aliphatic imine (C=N–C) groups is 2. The van der Waals surface area contributed by atoms with Crippen LogP contribution in [-0.2, 0) is 0 Å². The van der Waals surface area contributed by atoms with Gasteiger partial charge in [0.1, 0.15) is 0 Å². The standard InChI is InChI=1S/C12H28N6/c1-13-11(15(2)3)18(8)10-9-14-12(16(4)5)17(6)7/h9-10H2,1-8H3. The van der Waals surface area contributed by atoms with Gasteiger partial charge in [0, 0.05) is 62.9 Å². The summed E-state index contributed by atoms with van der Waals surface area (Å²) in [6.07, 6.45) is 0. The van der Waals surface area contributed by atoms with E-state index in [1.54, 1.807) is 7.05 Å². The van der Waals surface area contributed by atoms with E-state index >= 15 is 0 Å². The minimum absolute atomic E-state index is 0.745. The Morgan fingerprint density at radius 2 is 1.22 bits per heavy atom. The highest BCUT2D eigenvalue weighted by atomic mass is 15.4. The van der Waals surface area contributed by atoms with Crippen molar-refractivity contribution in [1.82, 2.24) is 19.6 Å². The Morgan fingerprint density at radius 1 is 0.778 bits per heavy atom. The smallest absolute Gasteiger partial charge is 0.195 e. The van der Waals surface area contributed by atoms with Crippen LogP contribution in [0.4, 0.5) is 0 Å². The topological polar surface area (TPSA) is 37.7 Å². The summed E-state index contributed by atoms with van der Waals surface area (Å²) in [7, 11) is 15.8. The van der Waals surface area contributed by atoms with Gasteiger partial charge in [0.2, 0.25) is 0 Å². The quantitative estimate of drug-likeness (QED) is 0.524. The van der Waals surface area contributed by atoms with Crippen molar-refractivity contribution in [2.45, 2.75) is 0 Å². The van der Waals surface area contributed by atoms with Crippen molar-refractivity contribution >= 4 is 11.9 Å². The van der Waals surface area contributed by atoms with Gasteiger partial charge in [0.25, 0.3) is 0 Å². The van der Waals surface area contributed by atoms with Crippen molar-refractivity contribution in [3.63, 3.8) is 0 Å². The maximum Gasteiger partial charge on any atom is 0.195 e. The summed E-state index contributed by atoms with van der Waals surface area (Å²) in [6.45, 7) is 1.59. The number of rotatable bonds is 3. The van der Waals surface area contributed by atoms with Crippen LogP contribution in [0.1, 0.15) is 0 Å². The third kappa shape index (κ3) is 5.25. The largest absolute Gasteiger partial charge is 0.349 e. The first kappa shape index (κ1) is 16.5. The number of nitrogens with zero attached hydrogens (tertiary/aromatic N) is 6. The van der Waals surface area contributed by atoms with E-state index in [2.05, 4.69) is 14.9 Å². The van der Waals surface area contributed by atoms with Crippen LogP contribution in [0.2, 0.25) is 0 Å². The number of hydrogen-bond donors (Lipinski definition) is 0. The highest BCUT2D eigenvalue weighted by Gasteiger charge is 2.08. The average Bonchev–Trinajstić information content (AvgIpc) is 2.23. The Hall–Kier alpha value is -1.46. The number of likely N-dealkylation sites (N-methyl/N-ethyl adjacent to an activating group) is 1. The SMILES string of the molecule is CN=C(N(C)C)N(C)CCN=C(N(C)C)N(C)C. The molecule has 0 atom stereocenters. The van der Waals surface area contributed by atoms with Gasteiger partial charge >= 0.3 is 0 Å². The molecule has 0 fully saturated rings. The minimum atomic E-state index is 0.745. The van der Waals surface area contributed by atoms with Gasteiger partial charge in [-0.15, -0.1) is 0 Å². The molecular weight excluding hydrogens is 228 g/mol. The summed E-state index contributed by atoms with van der Waals surface area (Å²) < 4.78 is 0. The fourth-order valence-corrected chi connectivity index (χ4v) is 1.79. The van der Waals surface area contributed by atoms with E-state index < -0.39 is 0 Å². The second kappa shape index (κ2) is 7.79. The Balaban J connectivity index is 4.45. The van der Waals surface area contributed by atoms with Crippen LogP contribution in [0.3, 0.4) is 0 Å². The highest BCUT2D eigenvalue weighted by molar-refractivity contribution is 5.80. The minimum Gasteiger partial charge on any atom is -0.349 e. The Bertz CT molecular complexity index is 283. The molecule has 0 saturated carbocycles. The summed E-state index contributed by atoms with van der Waals surface area (Å²) in [4.78, 5) is 17.0. The summed E-state index contributed by atoms with van der Waals surface area (Å²) in [5.74, 6) is 1.93. The zero-order chi connectivity index (χ0) is 14.3. The molecule has 0 aromatic rings. The lowest BCUT2D eigenvalue weighted by Crippen LogP contribution is -2.40. The van der Waals surface area contributed by atoms with Crippen molar-refractivity contribution in [1.29, 1.82) is 0 Å². The van der Waals surface area contributed by atoms with Gasteiger partial charge in [-0.05, 0) is 0 Å². The molecule has 106 valence electrons. The first-order valence-corrected chi connectivity index (χ1v) is 6.05. The molecule has 0 unspecified atom stereocenters. The average molecular weight is 256 g/mol. The zero-order valence-corrected chi connectivity index (χ0v) is 13.1. The van der Waals surface area contributed by atoms with E-state index in [1.165, 1.54) is 0 Å².